The van der Waals surface area contributed by atoms with Gasteiger partial charge in [0.15, 0.2) is 5.96 Å². The van der Waals surface area contributed by atoms with E-state index >= 15 is 0 Å². The summed E-state index contributed by atoms with van der Waals surface area (Å²) in [7, 11) is 0. The number of aliphatic imine (C=N–C) groups is 1. The molecule has 5 heteroatoms. The molecule has 1 rings (SSSR count). The van der Waals surface area contributed by atoms with E-state index in [1.807, 2.05) is 0 Å². The zero-order valence-corrected chi connectivity index (χ0v) is 11.2. The molecule has 1 atom stereocenters. The molecule has 0 aromatic heterocycles. The Kier molecular flexibility index (Phi) is 5.71. The Morgan fingerprint density at radius 1 is 1.53 bits per heavy atom. The van der Waals surface area contributed by atoms with E-state index < -0.39 is 0 Å². The number of guanidine groups is 1. The van der Waals surface area contributed by atoms with Crippen LogP contribution in [0.25, 0.3) is 0 Å². The molecule has 1 aliphatic heterocycles. The number of nitrogens with zero attached hydrogens (tertiary/aromatic N) is 1. The SMILES string of the molecule is CC(C)(C)NC(N)=NCCCOC1CCOC1. The number of ether oxygens (including phenoxy) is 2. The topological polar surface area (TPSA) is 68.9 Å². The predicted molar refractivity (Wildman–Crippen MR) is 69.2 cm³/mol. The summed E-state index contributed by atoms with van der Waals surface area (Å²) < 4.78 is 10.9. The van der Waals surface area contributed by atoms with Gasteiger partial charge in [-0.25, -0.2) is 0 Å². The number of nitrogens with one attached hydrogen (secondary N) is 1. The van der Waals surface area contributed by atoms with Crippen LogP contribution in [0.5, 0.6) is 0 Å². The number of nitrogens with two attached hydrogens (primary N) is 1. The molecule has 1 saturated heterocycles. The second kappa shape index (κ2) is 6.81. The van der Waals surface area contributed by atoms with Crippen molar-refractivity contribution in [3.05, 3.63) is 0 Å². The van der Waals surface area contributed by atoms with Crippen LogP contribution in [0.2, 0.25) is 0 Å². The highest BCUT2D eigenvalue weighted by Gasteiger charge is 2.15. The molecule has 0 aromatic carbocycles. The van der Waals surface area contributed by atoms with Gasteiger partial charge >= 0.3 is 0 Å². The van der Waals surface area contributed by atoms with Gasteiger partial charge in [-0.05, 0) is 33.6 Å². The summed E-state index contributed by atoms with van der Waals surface area (Å²) in [6.07, 6.45) is 2.18. The molecule has 1 heterocycles. The zero-order chi connectivity index (χ0) is 12.7. The normalized spacial score (nSPS) is 21.8. The predicted octanol–water partition coefficient (Wildman–Crippen LogP) is 0.885. The molecule has 17 heavy (non-hydrogen) atoms. The van der Waals surface area contributed by atoms with Crippen LogP contribution in [0.15, 0.2) is 4.99 Å². The molecule has 3 N–H and O–H groups in total. The van der Waals surface area contributed by atoms with Gasteiger partial charge in [0.2, 0.25) is 0 Å². The molecule has 1 aliphatic rings. The van der Waals surface area contributed by atoms with Gasteiger partial charge in [0.25, 0.3) is 0 Å². The smallest absolute Gasteiger partial charge is 0.188 e. The van der Waals surface area contributed by atoms with Crippen molar-refractivity contribution in [2.24, 2.45) is 10.7 Å². The standard InChI is InChI=1S/C12H25N3O2/c1-12(2,3)15-11(13)14-6-4-7-17-10-5-8-16-9-10/h10H,4-9H2,1-3H3,(H3,13,14,15). The lowest BCUT2D eigenvalue weighted by Gasteiger charge is -2.21. The summed E-state index contributed by atoms with van der Waals surface area (Å²) in [5, 5.41) is 3.12. The minimum Gasteiger partial charge on any atom is -0.379 e. The summed E-state index contributed by atoms with van der Waals surface area (Å²) in [5.41, 5.74) is 5.71. The maximum Gasteiger partial charge on any atom is 0.188 e. The molecule has 0 amide bonds. The van der Waals surface area contributed by atoms with E-state index in [0.29, 0.717) is 12.5 Å². The highest BCUT2D eigenvalue weighted by Crippen LogP contribution is 2.08. The summed E-state index contributed by atoms with van der Waals surface area (Å²) in [6, 6.07) is 0. The zero-order valence-electron chi connectivity index (χ0n) is 11.2. The lowest BCUT2D eigenvalue weighted by Crippen LogP contribution is -2.45. The third-order valence-corrected chi connectivity index (χ3v) is 2.33. The Hall–Kier alpha value is -0.810. The summed E-state index contributed by atoms with van der Waals surface area (Å²) in [4.78, 5) is 4.25. The molecule has 0 spiro atoms. The van der Waals surface area contributed by atoms with Crippen molar-refractivity contribution in [1.82, 2.24) is 5.32 Å². The Morgan fingerprint density at radius 2 is 2.29 bits per heavy atom. The van der Waals surface area contributed by atoms with Crippen molar-refractivity contribution in [1.29, 1.82) is 0 Å². The van der Waals surface area contributed by atoms with Gasteiger partial charge in [-0.1, -0.05) is 0 Å². The summed E-state index contributed by atoms with van der Waals surface area (Å²) >= 11 is 0. The second-order valence-corrected chi connectivity index (χ2v) is 5.35. The average molecular weight is 243 g/mol. The van der Waals surface area contributed by atoms with Crippen molar-refractivity contribution < 1.29 is 9.47 Å². The highest BCUT2D eigenvalue weighted by atomic mass is 16.5. The van der Waals surface area contributed by atoms with Crippen molar-refractivity contribution in [3.8, 4) is 0 Å². The highest BCUT2D eigenvalue weighted by molar-refractivity contribution is 5.78. The van der Waals surface area contributed by atoms with Crippen LogP contribution >= 0.6 is 0 Å². The maximum atomic E-state index is 5.74. The van der Waals surface area contributed by atoms with E-state index in [2.05, 4.69) is 31.1 Å². The minimum absolute atomic E-state index is 0.0364. The molecule has 5 nitrogen and oxygen atoms in total. The first-order valence-corrected chi connectivity index (χ1v) is 6.25. The molecule has 0 radical (unpaired) electrons. The lowest BCUT2D eigenvalue weighted by molar-refractivity contribution is 0.0424. The molecule has 0 aliphatic carbocycles. The van der Waals surface area contributed by atoms with Crippen molar-refractivity contribution in [2.75, 3.05) is 26.4 Å². The Bertz CT molecular complexity index is 243. The van der Waals surface area contributed by atoms with Crippen LogP contribution in [0, 0.1) is 0 Å². The largest absolute Gasteiger partial charge is 0.379 e. The molecule has 0 saturated carbocycles. The lowest BCUT2D eigenvalue weighted by atomic mass is 10.1. The Morgan fingerprint density at radius 3 is 2.88 bits per heavy atom. The number of rotatable bonds is 5. The van der Waals surface area contributed by atoms with Gasteiger partial charge in [-0.2, -0.15) is 0 Å². The number of hydrogen-bond acceptors (Lipinski definition) is 3. The maximum absolute atomic E-state index is 5.74. The quantitative estimate of drug-likeness (QED) is 0.427. The minimum atomic E-state index is -0.0364. The van der Waals surface area contributed by atoms with Gasteiger partial charge in [0.05, 0.1) is 12.7 Å². The van der Waals surface area contributed by atoms with Gasteiger partial charge in [-0.3, -0.25) is 4.99 Å². The van der Waals surface area contributed by atoms with E-state index in [0.717, 1.165) is 32.7 Å². The molecular weight excluding hydrogens is 218 g/mol. The summed E-state index contributed by atoms with van der Waals surface area (Å²) in [6.45, 7) is 9.14. The first kappa shape index (κ1) is 14.3. The summed E-state index contributed by atoms with van der Waals surface area (Å²) in [5.74, 6) is 0.502. The van der Waals surface area contributed by atoms with Crippen molar-refractivity contribution in [3.63, 3.8) is 0 Å². The number of hydrogen-bond donors (Lipinski definition) is 2. The fourth-order valence-electron chi connectivity index (χ4n) is 1.58. The van der Waals surface area contributed by atoms with Crippen LogP contribution in [0.4, 0.5) is 0 Å². The molecular formula is C12H25N3O2. The van der Waals surface area contributed by atoms with Crippen LogP contribution < -0.4 is 11.1 Å². The molecule has 0 aromatic rings. The molecule has 1 fully saturated rings. The fourth-order valence-corrected chi connectivity index (χ4v) is 1.58. The van der Waals surface area contributed by atoms with E-state index in [-0.39, 0.29) is 11.6 Å². The third-order valence-electron chi connectivity index (χ3n) is 2.33. The van der Waals surface area contributed by atoms with Gasteiger partial charge < -0.3 is 20.5 Å². The van der Waals surface area contributed by atoms with E-state index in [9.17, 15) is 0 Å². The van der Waals surface area contributed by atoms with E-state index in [1.165, 1.54) is 0 Å². The third kappa shape index (κ3) is 7.18. The van der Waals surface area contributed by atoms with Gasteiger partial charge in [-0.15, -0.1) is 0 Å². The Balaban J connectivity index is 2.04. The second-order valence-electron chi connectivity index (χ2n) is 5.35. The van der Waals surface area contributed by atoms with Crippen molar-refractivity contribution in [2.45, 2.75) is 45.3 Å². The van der Waals surface area contributed by atoms with Gasteiger partial charge in [0, 0.05) is 25.3 Å². The average Bonchev–Trinajstić information content (AvgIpc) is 2.67. The van der Waals surface area contributed by atoms with Gasteiger partial charge in [0.1, 0.15) is 0 Å². The first-order chi connectivity index (χ1) is 7.97. The molecule has 1 unspecified atom stereocenters. The van der Waals surface area contributed by atoms with Crippen LogP contribution in [-0.4, -0.2) is 44.0 Å². The monoisotopic (exact) mass is 243 g/mol. The van der Waals surface area contributed by atoms with Crippen LogP contribution in [-0.2, 0) is 9.47 Å². The molecule has 0 bridgehead atoms. The first-order valence-electron chi connectivity index (χ1n) is 6.25. The Labute approximate surface area is 104 Å². The van der Waals surface area contributed by atoms with E-state index in [1.54, 1.807) is 0 Å². The fraction of sp³-hybridized carbons (Fsp3) is 0.917. The van der Waals surface area contributed by atoms with Crippen LogP contribution in [0.1, 0.15) is 33.6 Å². The van der Waals surface area contributed by atoms with Crippen LogP contribution in [0.3, 0.4) is 0 Å². The van der Waals surface area contributed by atoms with E-state index in [4.69, 9.17) is 15.2 Å². The van der Waals surface area contributed by atoms with Crippen molar-refractivity contribution >= 4 is 5.96 Å². The molecule has 100 valence electrons.